The van der Waals surface area contributed by atoms with Crippen molar-refractivity contribution in [2.75, 3.05) is 26.3 Å². The zero-order valence-corrected chi connectivity index (χ0v) is 12.0. The van der Waals surface area contributed by atoms with Crippen molar-refractivity contribution >= 4 is 0 Å². The molecule has 0 spiro atoms. The molecule has 1 saturated heterocycles. The molecule has 1 aliphatic heterocycles. The second kappa shape index (κ2) is 9.76. The third-order valence-electron chi connectivity index (χ3n) is 3.83. The molecular formula is C15H31NO2. The van der Waals surface area contributed by atoms with Crippen molar-refractivity contribution in [1.29, 1.82) is 0 Å². The van der Waals surface area contributed by atoms with Crippen LogP contribution in [-0.2, 0) is 4.74 Å². The SMILES string of the molecule is CCCCCCCCCNCC1(O)CCOCC1. The van der Waals surface area contributed by atoms with Crippen LogP contribution < -0.4 is 5.32 Å². The maximum Gasteiger partial charge on any atom is 0.0815 e. The number of rotatable bonds is 10. The highest BCUT2D eigenvalue weighted by Crippen LogP contribution is 2.19. The van der Waals surface area contributed by atoms with Gasteiger partial charge in [-0.1, -0.05) is 45.4 Å². The summed E-state index contributed by atoms with van der Waals surface area (Å²) >= 11 is 0. The monoisotopic (exact) mass is 257 g/mol. The molecule has 1 rings (SSSR count). The molecule has 3 heteroatoms. The summed E-state index contributed by atoms with van der Waals surface area (Å²) in [6.45, 7) is 5.43. The smallest absolute Gasteiger partial charge is 0.0815 e. The lowest BCUT2D eigenvalue weighted by Crippen LogP contribution is -2.45. The van der Waals surface area contributed by atoms with E-state index in [2.05, 4.69) is 12.2 Å². The average Bonchev–Trinajstić information content (AvgIpc) is 2.38. The predicted octanol–water partition coefficient (Wildman–Crippen LogP) is 2.87. The Morgan fingerprint density at radius 2 is 1.61 bits per heavy atom. The van der Waals surface area contributed by atoms with E-state index < -0.39 is 5.60 Å². The normalized spacial score (nSPS) is 19.0. The quantitative estimate of drug-likeness (QED) is 0.591. The van der Waals surface area contributed by atoms with E-state index in [1.54, 1.807) is 0 Å². The van der Waals surface area contributed by atoms with Gasteiger partial charge in [-0.05, 0) is 13.0 Å². The second-order valence-corrected chi connectivity index (χ2v) is 5.63. The molecular weight excluding hydrogens is 226 g/mol. The van der Waals surface area contributed by atoms with Crippen LogP contribution in [0.3, 0.4) is 0 Å². The highest BCUT2D eigenvalue weighted by atomic mass is 16.5. The fourth-order valence-electron chi connectivity index (χ4n) is 2.46. The molecule has 0 aromatic rings. The van der Waals surface area contributed by atoms with Crippen LogP contribution in [0.2, 0.25) is 0 Å². The Kier molecular flexibility index (Phi) is 8.64. The Balaban J connectivity index is 1.86. The van der Waals surface area contributed by atoms with Gasteiger partial charge in [0.2, 0.25) is 0 Å². The minimum absolute atomic E-state index is 0.515. The highest BCUT2D eigenvalue weighted by Gasteiger charge is 2.28. The Bertz CT molecular complexity index is 191. The minimum Gasteiger partial charge on any atom is -0.388 e. The van der Waals surface area contributed by atoms with E-state index in [0.29, 0.717) is 13.2 Å². The molecule has 0 saturated carbocycles. The number of nitrogens with one attached hydrogen (secondary N) is 1. The molecule has 0 amide bonds. The summed E-state index contributed by atoms with van der Waals surface area (Å²) in [6.07, 6.45) is 10.9. The Labute approximate surface area is 112 Å². The molecule has 0 atom stereocenters. The maximum atomic E-state index is 10.2. The number of ether oxygens (including phenoxy) is 1. The van der Waals surface area contributed by atoms with Gasteiger partial charge in [0.25, 0.3) is 0 Å². The molecule has 0 aromatic carbocycles. The second-order valence-electron chi connectivity index (χ2n) is 5.63. The first-order valence-electron chi connectivity index (χ1n) is 7.78. The van der Waals surface area contributed by atoms with Gasteiger partial charge in [0.05, 0.1) is 5.60 Å². The molecule has 1 fully saturated rings. The standard InChI is InChI=1S/C15H31NO2/c1-2-3-4-5-6-7-8-11-16-14-15(17)9-12-18-13-10-15/h16-17H,2-14H2,1H3. The van der Waals surface area contributed by atoms with Crippen LogP contribution in [0.15, 0.2) is 0 Å². The van der Waals surface area contributed by atoms with Crippen molar-refractivity contribution in [2.45, 2.75) is 70.3 Å². The van der Waals surface area contributed by atoms with Crippen LogP contribution in [0.5, 0.6) is 0 Å². The van der Waals surface area contributed by atoms with E-state index in [9.17, 15) is 5.11 Å². The van der Waals surface area contributed by atoms with Crippen molar-refractivity contribution in [1.82, 2.24) is 5.32 Å². The van der Waals surface area contributed by atoms with Gasteiger partial charge in [0.15, 0.2) is 0 Å². The number of aliphatic hydroxyl groups is 1. The van der Waals surface area contributed by atoms with Crippen molar-refractivity contribution in [3.63, 3.8) is 0 Å². The Morgan fingerprint density at radius 1 is 1.00 bits per heavy atom. The van der Waals surface area contributed by atoms with Gasteiger partial charge in [0.1, 0.15) is 0 Å². The molecule has 1 aliphatic rings. The van der Waals surface area contributed by atoms with E-state index in [-0.39, 0.29) is 0 Å². The molecule has 0 bridgehead atoms. The first kappa shape index (κ1) is 15.9. The third-order valence-corrected chi connectivity index (χ3v) is 3.83. The Morgan fingerprint density at radius 3 is 2.28 bits per heavy atom. The minimum atomic E-state index is -0.515. The van der Waals surface area contributed by atoms with Crippen LogP contribution in [0.1, 0.15) is 64.7 Å². The number of hydrogen-bond acceptors (Lipinski definition) is 3. The molecule has 0 aromatic heterocycles. The molecule has 2 N–H and O–H groups in total. The van der Waals surface area contributed by atoms with Crippen LogP contribution in [0.25, 0.3) is 0 Å². The first-order chi connectivity index (χ1) is 8.77. The topological polar surface area (TPSA) is 41.5 Å². The zero-order chi connectivity index (χ0) is 13.1. The number of hydrogen-bond donors (Lipinski definition) is 2. The highest BCUT2D eigenvalue weighted by molar-refractivity contribution is 4.83. The molecule has 1 heterocycles. The van der Waals surface area contributed by atoms with Crippen LogP contribution >= 0.6 is 0 Å². The summed E-state index contributed by atoms with van der Waals surface area (Å²) in [5.41, 5.74) is -0.515. The predicted molar refractivity (Wildman–Crippen MR) is 75.9 cm³/mol. The van der Waals surface area contributed by atoms with Crippen LogP contribution in [0, 0.1) is 0 Å². The Hall–Kier alpha value is -0.120. The fourth-order valence-corrected chi connectivity index (χ4v) is 2.46. The van der Waals surface area contributed by atoms with Gasteiger partial charge in [-0.25, -0.2) is 0 Å². The average molecular weight is 257 g/mol. The summed E-state index contributed by atoms with van der Waals surface area (Å²) in [7, 11) is 0. The van der Waals surface area contributed by atoms with E-state index in [1.807, 2.05) is 0 Å². The van der Waals surface area contributed by atoms with Gasteiger partial charge < -0.3 is 15.2 Å². The van der Waals surface area contributed by atoms with Gasteiger partial charge in [0, 0.05) is 32.6 Å². The van der Waals surface area contributed by atoms with E-state index >= 15 is 0 Å². The van der Waals surface area contributed by atoms with Crippen LogP contribution in [0.4, 0.5) is 0 Å². The lowest BCUT2D eigenvalue weighted by Gasteiger charge is -2.32. The lowest BCUT2D eigenvalue weighted by molar-refractivity contribution is -0.0614. The largest absolute Gasteiger partial charge is 0.388 e. The van der Waals surface area contributed by atoms with Crippen molar-refractivity contribution in [3.05, 3.63) is 0 Å². The van der Waals surface area contributed by atoms with Gasteiger partial charge >= 0.3 is 0 Å². The van der Waals surface area contributed by atoms with Crippen molar-refractivity contribution in [3.8, 4) is 0 Å². The summed E-state index contributed by atoms with van der Waals surface area (Å²) in [6, 6.07) is 0. The molecule has 0 aliphatic carbocycles. The molecule has 108 valence electrons. The van der Waals surface area contributed by atoms with Gasteiger partial charge in [-0.2, -0.15) is 0 Å². The molecule has 18 heavy (non-hydrogen) atoms. The maximum absolute atomic E-state index is 10.2. The zero-order valence-electron chi connectivity index (χ0n) is 12.0. The van der Waals surface area contributed by atoms with Crippen molar-refractivity contribution < 1.29 is 9.84 Å². The molecule has 3 nitrogen and oxygen atoms in total. The van der Waals surface area contributed by atoms with E-state index in [0.717, 1.165) is 25.9 Å². The summed E-state index contributed by atoms with van der Waals surface area (Å²) < 4.78 is 5.27. The molecule has 0 unspecified atom stereocenters. The van der Waals surface area contributed by atoms with E-state index in [4.69, 9.17) is 4.74 Å². The van der Waals surface area contributed by atoms with Gasteiger partial charge in [-0.15, -0.1) is 0 Å². The fraction of sp³-hybridized carbons (Fsp3) is 1.00. The van der Waals surface area contributed by atoms with Crippen molar-refractivity contribution in [2.24, 2.45) is 0 Å². The number of unbranched alkanes of at least 4 members (excludes halogenated alkanes) is 6. The van der Waals surface area contributed by atoms with Crippen LogP contribution in [-0.4, -0.2) is 37.0 Å². The summed E-state index contributed by atoms with van der Waals surface area (Å²) in [5, 5.41) is 13.6. The van der Waals surface area contributed by atoms with Gasteiger partial charge in [-0.3, -0.25) is 0 Å². The molecule has 0 radical (unpaired) electrons. The third kappa shape index (κ3) is 7.34. The summed E-state index contributed by atoms with van der Waals surface area (Å²) in [5.74, 6) is 0. The first-order valence-corrected chi connectivity index (χ1v) is 7.78. The van der Waals surface area contributed by atoms with E-state index in [1.165, 1.54) is 44.9 Å². The summed E-state index contributed by atoms with van der Waals surface area (Å²) in [4.78, 5) is 0. The lowest BCUT2D eigenvalue weighted by atomic mass is 9.94.